The van der Waals surface area contributed by atoms with Crippen LogP contribution in [0, 0.1) is 0 Å². The lowest BCUT2D eigenvalue weighted by atomic mass is 9.97. The summed E-state index contributed by atoms with van der Waals surface area (Å²) in [5, 5.41) is 8.60. The minimum atomic E-state index is 1.09. The summed E-state index contributed by atoms with van der Waals surface area (Å²) in [6.07, 6.45) is 0. The molecular formula is C26H19N. The first kappa shape index (κ1) is 15.7. The summed E-state index contributed by atoms with van der Waals surface area (Å²) < 4.78 is 0. The molecule has 0 heterocycles. The van der Waals surface area contributed by atoms with E-state index < -0.39 is 0 Å². The highest BCUT2D eigenvalue weighted by Gasteiger charge is 2.04. The number of anilines is 2. The molecule has 1 nitrogen and oxygen atoms in total. The standard InChI is InChI=1S/C26H19N/c1-2-7-23(8-3-1)27-24-16-14-19(15-17-24)22-13-12-21-11-10-20-6-4-5-9-25(20)26(21)18-22/h1-18,27H. The van der Waals surface area contributed by atoms with Crippen molar-refractivity contribution in [1.82, 2.24) is 0 Å². The van der Waals surface area contributed by atoms with Crippen molar-refractivity contribution >= 4 is 32.9 Å². The van der Waals surface area contributed by atoms with Crippen LogP contribution in [-0.2, 0) is 0 Å². The van der Waals surface area contributed by atoms with Crippen molar-refractivity contribution in [2.75, 3.05) is 5.32 Å². The second-order valence-corrected chi connectivity index (χ2v) is 6.79. The van der Waals surface area contributed by atoms with E-state index in [-0.39, 0.29) is 0 Å². The number of fused-ring (bicyclic) bond motifs is 3. The molecule has 0 aliphatic rings. The Balaban J connectivity index is 1.52. The SMILES string of the molecule is c1ccc(Nc2ccc(-c3ccc4ccc5ccccc5c4c3)cc2)cc1. The first-order valence-corrected chi connectivity index (χ1v) is 9.21. The van der Waals surface area contributed by atoms with E-state index in [1.54, 1.807) is 0 Å². The average molecular weight is 345 g/mol. The molecule has 0 aromatic heterocycles. The summed E-state index contributed by atoms with van der Waals surface area (Å²) in [4.78, 5) is 0. The molecule has 0 atom stereocenters. The fraction of sp³-hybridized carbons (Fsp3) is 0. The van der Waals surface area contributed by atoms with Crippen LogP contribution in [0.15, 0.2) is 109 Å². The maximum absolute atomic E-state index is 3.44. The molecule has 0 aliphatic carbocycles. The van der Waals surface area contributed by atoms with Gasteiger partial charge in [-0.25, -0.2) is 0 Å². The summed E-state index contributed by atoms with van der Waals surface area (Å²) in [7, 11) is 0. The maximum atomic E-state index is 3.44. The Morgan fingerprint density at radius 3 is 1.81 bits per heavy atom. The van der Waals surface area contributed by atoms with E-state index in [0.29, 0.717) is 0 Å². The molecule has 5 rings (SSSR count). The molecule has 128 valence electrons. The van der Waals surface area contributed by atoms with Crippen molar-refractivity contribution in [3.05, 3.63) is 109 Å². The zero-order valence-electron chi connectivity index (χ0n) is 14.9. The van der Waals surface area contributed by atoms with Crippen LogP contribution in [0.4, 0.5) is 11.4 Å². The summed E-state index contributed by atoms with van der Waals surface area (Å²) in [5.74, 6) is 0. The van der Waals surface area contributed by atoms with E-state index in [9.17, 15) is 0 Å². The second kappa shape index (κ2) is 6.62. The summed E-state index contributed by atoms with van der Waals surface area (Å²) in [6.45, 7) is 0. The van der Waals surface area contributed by atoms with Gasteiger partial charge in [-0.3, -0.25) is 0 Å². The lowest BCUT2D eigenvalue weighted by Crippen LogP contribution is -1.89. The van der Waals surface area contributed by atoms with E-state index >= 15 is 0 Å². The number of rotatable bonds is 3. The lowest BCUT2D eigenvalue weighted by molar-refractivity contribution is 1.54. The molecule has 0 bridgehead atoms. The van der Waals surface area contributed by atoms with Crippen molar-refractivity contribution in [3.8, 4) is 11.1 Å². The molecule has 0 saturated carbocycles. The molecule has 0 fully saturated rings. The minimum absolute atomic E-state index is 1.09. The zero-order valence-corrected chi connectivity index (χ0v) is 14.9. The van der Waals surface area contributed by atoms with Crippen LogP contribution in [0.1, 0.15) is 0 Å². The molecule has 0 saturated heterocycles. The molecule has 1 N–H and O–H groups in total. The third-order valence-corrected chi connectivity index (χ3v) is 5.03. The Morgan fingerprint density at radius 2 is 1.00 bits per heavy atom. The monoisotopic (exact) mass is 345 g/mol. The van der Waals surface area contributed by atoms with Crippen LogP contribution < -0.4 is 5.32 Å². The fourth-order valence-corrected chi connectivity index (χ4v) is 3.62. The van der Waals surface area contributed by atoms with Gasteiger partial charge in [-0.2, -0.15) is 0 Å². The van der Waals surface area contributed by atoms with Gasteiger partial charge in [0.1, 0.15) is 0 Å². The topological polar surface area (TPSA) is 12.0 Å². The quantitative estimate of drug-likeness (QED) is 0.336. The van der Waals surface area contributed by atoms with Gasteiger partial charge in [0.2, 0.25) is 0 Å². The van der Waals surface area contributed by atoms with Crippen molar-refractivity contribution in [1.29, 1.82) is 0 Å². The number of hydrogen-bond acceptors (Lipinski definition) is 1. The number of hydrogen-bond donors (Lipinski definition) is 1. The van der Waals surface area contributed by atoms with Crippen LogP contribution in [0.5, 0.6) is 0 Å². The minimum Gasteiger partial charge on any atom is -0.356 e. The Bertz CT molecular complexity index is 1220. The lowest BCUT2D eigenvalue weighted by Gasteiger charge is -2.09. The summed E-state index contributed by atoms with van der Waals surface area (Å²) >= 11 is 0. The van der Waals surface area contributed by atoms with Crippen LogP contribution in [0.25, 0.3) is 32.7 Å². The van der Waals surface area contributed by atoms with Gasteiger partial charge in [0, 0.05) is 11.4 Å². The van der Waals surface area contributed by atoms with Gasteiger partial charge in [0.15, 0.2) is 0 Å². The molecule has 0 spiro atoms. The zero-order chi connectivity index (χ0) is 18.1. The first-order valence-electron chi connectivity index (χ1n) is 9.21. The maximum Gasteiger partial charge on any atom is 0.0384 e. The molecular weight excluding hydrogens is 326 g/mol. The van der Waals surface area contributed by atoms with Crippen LogP contribution in [0.3, 0.4) is 0 Å². The number of nitrogens with one attached hydrogen (secondary N) is 1. The van der Waals surface area contributed by atoms with E-state index in [1.165, 1.54) is 32.7 Å². The van der Waals surface area contributed by atoms with Crippen molar-refractivity contribution in [2.24, 2.45) is 0 Å². The highest BCUT2D eigenvalue weighted by molar-refractivity contribution is 6.08. The van der Waals surface area contributed by atoms with Gasteiger partial charge >= 0.3 is 0 Å². The summed E-state index contributed by atoms with van der Waals surface area (Å²) in [5.41, 5.74) is 4.66. The van der Waals surface area contributed by atoms with Gasteiger partial charge in [-0.05, 0) is 63.0 Å². The molecule has 0 aliphatic heterocycles. The molecule has 5 aromatic carbocycles. The number of para-hydroxylation sites is 1. The van der Waals surface area contributed by atoms with Gasteiger partial charge in [0.25, 0.3) is 0 Å². The molecule has 1 heteroatoms. The van der Waals surface area contributed by atoms with Gasteiger partial charge in [-0.1, -0.05) is 78.9 Å². The normalized spacial score (nSPS) is 11.0. The first-order chi connectivity index (χ1) is 13.4. The van der Waals surface area contributed by atoms with Crippen molar-refractivity contribution < 1.29 is 0 Å². The van der Waals surface area contributed by atoms with Crippen LogP contribution in [0.2, 0.25) is 0 Å². The van der Waals surface area contributed by atoms with Crippen molar-refractivity contribution in [3.63, 3.8) is 0 Å². The Morgan fingerprint density at radius 1 is 0.407 bits per heavy atom. The fourth-order valence-electron chi connectivity index (χ4n) is 3.62. The van der Waals surface area contributed by atoms with E-state index in [0.717, 1.165) is 11.4 Å². The van der Waals surface area contributed by atoms with Gasteiger partial charge in [-0.15, -0.1) is 0 Å². The molecule has 0 radical (unpaired) electrons. The Labute approximate surface area is 158 Å². The van der Waals surface area contributed by atoms with E-state index in [4.69, 9.17) is 0 Å². The van der Waals surface area contributed by atoms with Gasteiger partial charge < -0.3 is 5.32 Å². The average Bonchev–Trinajstić information content (AvgIpc) is 2.74. The summed E-state index contributed by atoms with van der Waals surface area (Å²) in [6, 6.07) is 38.6. The molecule has 5 aromatic rings. The predicted molar refractivity (Wildman–Crippen MR) is 117 cm³/mol. The third-order valence-electron chi connectivity index (χ3n) is 5.03. The highest BCUT2D eigenvalue weighted by atomic mass is 14.9. The molecule has 0 amide bonds. The van der Waals surface area contributed by atoms with E-state index in [2.05, 4.69) is 96.3 Å². The van der Waals surface area contributed by atoms with Crippen molar-refractivity contribution in [2.45, 2.75) is 0 Å². The predicted octanol–water partition coefficient (Wildman–Crippen LogP) is 7.40. The second-order valence-electron chi connectivity index (χ2n) is 6.79. The third kappa shape index (κ3) is 3.04. The molecule has 0 unspecified atom stereocenters. The molecule has 27 heavy (non-hydrogen) atoms. The highest BCUT2D eigenvalue weighted by Crippen LogP contribution is 2.30. The smallest absolute Gasteiger partial charge is 0.0384 e. The largest absolute Gasteiger partial charge is 0.356 e. The Hall–Kier alpha value is -3.58. The Kier molecular flexibility index (Phi) is 3.84. The van der Waals surface area contributed by atoms with Gasteiger partial charge in [0.05, 0.1) is 0 Å². The van der Waals surface area contributed by atoms with Crippen LogP contribution in [-0.4, -0.2) is 0 Å². The van der Waals surface area contributed by atoms with E-state index in [1.807, 2.05) is 18.2 Å². The van der Waals surface area contributed by atoms with Crippen LogP contribution >= 0.6 is 0 Å². The number of benzene rings is 5.